The van der Waals surface area contributed by atoms with Gasteiger partial charge < -0.3 is 20.4 Å². The normalized spacial score (nSPS) is 23.5. The number of halogens is 1. The molecule has 1 saturated carbocycles. The first-order valence-corrected chi connectivity index (χ1v) is 8.78. The molecule has 3 atom stereocenters. The van der Waals surface area contributed by atoms with Crippen molar-refractivity contribution in [1.29, 1.82) is 0 Å². The first-order chi connectivity index (χ1) is 13.0. The maximum atomic E-state index is 14.1. The van der Waals surface area contributed by atoms with Crippen molar-refractivity contribution in [3.05, 3.63) is 48.1 Å². The minimum Gasteiger partial charge on any atom is -0.355 e. The summed E-state index contributed by atoms with van der Waals surface area (Å²) in [5.41, 5.74) is 7.35. The van der Waals surface area contributed by atoms with Crippen LogP contribution in [-0.2, 0) is 0 Å². The van der Waals surface area contributed by atoms with E-state index in [1.54, 1.807) is 29.9 Å². The lowest BCUT2D eigenvalue weighted by atomic mass is 10.3. The molecule has 2 fully saturated rings. The third kappa shape index (κ3) is 2.71. The van der Waals surface area contributed by atoms with E-state index >= 15 is 0 Å². The lowest BCUT2D eigenvalue weighted by molar-refractivity contribution is 0.102. The van der Waals surface area contributed by atoms with Crippen molar-refractivity contribution in [1.82, 2.24) is 19.4 Å². The number of hydrogen-bond acceptors (Lipinski definition) is 6. The Hall–Kier alpha value is -3.07. The van der Waals surface area contributed by atoms with Crippen molar-refractivity contribution in [2.45, 2.75) is 13.0 Å². The van der Waals surface area contributed by atoms with Gasteiger partial charge in [0.1, 0.15) is 11.5 Å². The van der Waals surface area contributed by atoms with Gasteiger partial charge in [-0.3, -0.25) is 4.79 Å². The molecule has 0 spiro atoms. The van der Waals surface area contributed by atoms with Crippen LogP contribution >= 0.6 is 0 Å². The molecule has 27 heavy (non-hydrogen) atoms. The topological polar surface area (TPSA) is 101 Å². The van der Waals surface area contributed by atoms with Crippen molar-refractivity contribution in [3.63, 3.8) is 0 Å². The molecule has 138 valence electrons. The maximum Gasteiger partial charge on any atom is 0.275 e. The monoisotopic (exact) mass is 367 g/mol. The molecule has 1 saturated heterocycles. The Morgan fingerprint density at radius 2 is 2.04 bits per heavy atom. The van der Waals surface area contributed by atoms with Crippen LogP contribution in [0.5, 0.6) is 0 Å². The molecule has 5 rings (SSSR count). The summed E-state index contributed by atoms with van der Waals surface area (Å²) in [5, 5.41) is 2.65. The second kappa shape index (κ2) is 5.71. The Morgan fingerprint density at radius 1 is 1.26 bits per heavy atom. The molecule has 0 radical (unpaired) electrons. The predicted octanol–water partition coefficient (Wildman–Crippen LogP) is 1.22. The highest BCUT2D eigenvalue weighted by Gasteiger charge is 2.53. The van der Waals surface area contributed by atoms with Crippen molar-refractivity contribution < 1.29 is 9.18 Å². The fourth-order valence-corrected chi connectivity index (χ4v) is 3.80. The Kier molecular flexibility index (Phi) is 3.41. The molecular formula is C18H18FN7O. The number of hydrogen-bond donors (Lipinski definition) is 2. The summed E-state index contributed by atoms with van der Waals surface area (Å²) in [5.74, 6) is 0.883. The van der Waals surface area contributed by atoms with Crippen LogP contribution in [0.15, 0.2) is 30.9 Å². The van der Waals surface area contributed by atoms with Gasteiger partial charge in [-0.15, -0.1) is 0 Å². The Balaban J connectivity index is 1.31. The molecule has 1 amide bonds. The van der Waals surface area contributed by atoms with Gasteiger partial charge in [-0.05, 0) is 18.8 Å². The Labute approximate surface area is 154 Å². The zero-order chi connectivity index (χ0) is 18.7. The summed E-state index contributed by atoms with van der Waals surface area (Å²) in [6.07, 6.45) is 6.33. The van der Waals surface area contributed by atoms with E-state index < -0.39 is 11.7 Å². The molecule has 1 aliphatic heterocycles. The van der Waals surface area contributed by atoms with E-state index in [1.165, 1.54) is 12.3 Å². The molecule has 9 heteroatoms. The molecule has 1 unspecified atom stereocenters. The van der Waals surface area contributed by atoms with E-state index in [4.69, 9.17) is 5.73 Å². The van der Waals surface area contributed by atoms with Crippen LogP contribution in [0, 0.1) is 24.6 Å². The molecule has 3 aromatic heterocycles. The molecule has 1 aliphatic carbocycles. The van der Waals surface area contributed by atoms with E-state index in [-0.39, 0.29) is 11.3 Å². The number of fused-ring (bicyclic) bond motifs is 2. The van der Waals surface area contributed by atoms with Gasteiger partial charge in [0.25, 0.3) is 5.91 Å². The zero-order valence-electron chi connectivity index (χ0n) is 14.6. The minimum absolute atomic E-state index is 0.169. The Morgan fingerprint density at radius 3 is 2.74 bits per heavy atom. The van der Waals surface area contributed by atoms with Crippen molar-refractivity contribution >= 4 is 23.1 Å². The van der Waals surface area contributed by atoms with E-state index in [0.29, 0.717) is 29.3 Å². The van der Waals surface area contributed by atoms with Crippen LogP contribution in [0.1, 0.15) is 16.2 Å². The van der Waals surface area contributed by atoms with Crippen molar-refractivity contribution in [3.8, 4) is 0 Å². The number of nitrogens with zero attached hydrogens (tertiary/aromatic N) is 5. The molecule has 4 heterocycles. The van der Waals surface area contributed by atoms with Crippen LogP contribution in [0.3, 0.4) is 0 Å². The highest BCUT2D eigenvalue weighted by Crippen LogP contribution is 2.44. The van der Waals surface area contributed by atoms with Gasteiger partial charge >= 0.3 is 0 Å². The van der Waals surface area contributed by atoms with Crippen LogP contribution < -0.4 is 16.0 Å². The number of nitrogens with two attached hydrogens (primary N) is 1. The van der Waals surface area contributed by atoms with E-state index in [2.05, 4.69) is 25.2 Å². The first-order valence-electron chi connectivity index (χ1n) is 8.78. The zero-order valence-corrected chi connectivity index (χ0v) is 14.6. The third-order valence-electron chi connectivity index (χ3n) is 5.34. The molecule has 0 aromatic carbocycles. The standard InChI is InChI=1S/C18H18FN7O/c1-9-5-26-6-10(2-13(19)17(26)23-9)24-18(27)14-3-22-15(4-21-14)25-7-11-12(8-25)16(11)20/h2-6,11-12,16H,7-8,20H2,1H3,(H,24,27)/t11-,12+,16?. The summed E-state index contributed by atoms with van der Waals surface area (Å²) in [7, 11) is 0. The molecule has 3 aromatic rings. The SMILES string of the molecule is Cc1cn2cc(NC(=O)c3cnc(N4C[C@@H]5C(N)[C@@H]5C4)cn3)cc(F)c2n1. The lowest BCUT2D eigenvalue weighted by Crippen LogP contribution is -2.29. The number of anilines is 2. The van der Waals surface area contributed by atoms with Crippen LogP contribution in [0.4, 0.5) is 15.9 Å². The second-order valence-corrected chi connectivity index (χ2v) is 7.21. The van der Waals surface area contributed by atoms with Gasteiger partial charge in [0.15, 0.2) is 11.5 Å². The van der Waals surface area contributed by atoms with Crippen molar-refractivity contribution in [2.75, 3.05) is 23.3 Å². The number of nitrogens with one attached hydrogen (secondary N) is 1. The number of aromatic nitrogens is 4. The molecule has 2 aliphatic rings. The third-order valence-corrected chi connectivity index (χ3v) is 5.34. The molecular weight excluding hydrogens is 349 g/mol. The largest absolute Gasteiger partial charge is 0.355 e. The van der Waals surface area contributed by atoms with Gasteiger partial charge in [0, 0.05) is 37.6 Å². The highest BCUT2D eigenvalue weighted by molar-refractivity contribution is 6.02. The summed E-state index contributed by atoms with van der Waals surface area (Å²) in [4.78, 5) is 27.2. The number of carbonyl (C=O) groups excluding carboxylic acids is 1. The van der Waals surface area contributed by atoms with Crippen LogP contribution in [0.25, 0.3) is 5.65 Å². The number of imidazole rings is 1. The average Bonchev–Trinajstić information content (AvgIpc) is 3.03. The van der Waals surface area contributed by atoms with Gasteiger partial charge in [-0.1, -0.05) is 0 Å². The highest BCUT2D eigenvalue weighted by atomic mass is 19.1. The smallest absolute Gasteiger partial charge is 0.275 e. The van der Waals surface area contributed by atoms with Gasteiger partial charge in [0.2, 0.25) is 0 Å². The minimum atomic E-state index is -0.506. The van der Waals surface area contributed by atoms with Gasteiger partial charge in [-0.25, -0.2) is 19.3 Å². The van der Waals surface area contributed by atoms with E-state index in [1.807, 2.05) is 0 Å². The predicted molar refractivity (Wildman–Crippen MR) is 97.0 cm³/mol. The number of carbonyl (C=O) groups is 1. The molecule has 3 N–H and O–H groups in total. The molecule has 8 nitrogen and oxygen atoms in total. The number of rotatable bonds is 3. The van der Waals surface area contributed by atoms with E-state index in [9.17, 15) is 9.18 Å². The fourth-order valence-electron chi connectivity index (χ4n) is 3.80. The molecule has 0 bridgehead atoms. The number of aryl methyl sites for hydroxylation is 1. The van der Waals surface area contributed by atoms with Gasteiger partial charge in [-0.2, -0.15) is 0 Å². The second-order valence-electron chi connectivity index (χ2n) is 7.21. The lowest BCUT2D eigenvalue weighted by Gasteiger charge is -2.19. The average molecular weight is 367 g/mol. The summed E-state index contributed by atoms with van der Waals surface area (Å²) < 4.78 is 15.7. The van der Waals surface area contributed by atoms with Crippen LogP contribution in [0.2, 0.25) is 0 Å². The van der Waals surface area contributed by atoms with Crippen LogP contribution in [-0.4, -0.2) is 44.4 Å². The van der Waals surface area contributed by atoms with Crippen molar-refractivity contribution in [2.24, 2.45) is 17.6 Å². The Bertz CT molecular complexity index is 1040. The van der Waals surface area contributed by atoms with Gasteiger partial charge in [0.05, 0.1) is 23.8 Å². The summed E-state index contributed by atoms with van der Waals surface area (Å²) >= 11 is 0. The quantitative estimate of drug-likeness (QED) is 0.722. The number of piperidine rings is 1. The first kappa shape index (κ1) is 16.1. The number of pyridine rings is 1. The number of amides is 1. The summed E-state index contributed by atoms with van der Waals surface area (Å²) in [6.45, 7) is 3.55. The summed E-state index contributed by atoms with van der Waals surface area (Å²) in [6, 6.07) is 1.55. The maximum absolute atomic E-state index is 14.1. The fraction of sp³-hybridized carbons (Fsp3) is 0.333. The van der Waals surface area contributed by atoms with E-state index in [0.717, 1.165) is 18.9 Å².